The van der Waals surface area contributed by atoms with Gasteiger partial charge < -0.3 is 30.1 Å². The van der Waals surface area contributed by atoms with E-state index in [1.54, 1.807) is 18.2 Å². The Labute approximate surface area is 243 Å². The first-order valence-electron chi connectivity index (χ1n) is 14.0. The monoisotopic (exact) mass is 575 g/mol. The molecular weight excluding hydrogens is 541 g/mol. The van der Waals surface area contributed by atoms with Gasteiger partial charge in [-0.3, -0.25) is 4.79 Å². The third-order valence-corrected chi connectivity index (χ3v) is 7.69. The van der Waals surface area contributed by atoms with Crippen molar-refractivity contribution in [3.05, 3.63) is 54.4 Å². The van der Waals surface area contributed by atoms with Crippen LogP contribution in [0.5, 0.6) is 5.75 Å². The van der Waals surface area contributed by atoms with Crippen molar-refractivity contribution in [3.8, 4) is 23.2 Å². The number of hydrogen-bond acceptors (Lipinski definition) is 10. The molecule has 1 aromatic heterocycles. The van der Waals surface area contributed by atoms with Gasteiger partial charge >= 0.3 is 0 Å². The van der Waals surface area contributed by atoms with Crippen LogP contribution in [-0.2, 0) is 4.79 Å². The number of nitriles is 1. The van der Waals surface area contributed by atoms with Gasteiger partial charge in [-0.05, 0) is 69.2 Å². The van der Waals surface area contributed by atoms with Gasteiger partial charge in [-0.15, -0.1) is 0 Å². The number of amides is 1. The molecule has 2 aromatic carbocycles. The molecule has 0 bridgehead atoms. The summed E-state index contributed by atoms with van der Waals surface area (Å²) in [4.78, 5) is 28.5. The number of rotatable bonds is 7. The molecule has 2 fully saturated rings. The number of carbonyl (C=O) groups excluding carboxylic acids is 1. The average molecular weight is 576 g/mol. The van der Waals surface area contributed by atoms with E-state index in [4.69, 9.17) is 4.74 Å². The van der Waals surface area contributed by atoms with Crippen molar-refractivity contribution in [2.24, 2.45) is 0 Å². The van der Waals surface area contributed by atoms with Gasteiger partial charge in [0.25, 0.3) is 5.91 Å². The molecule has 1 amide bonds. The molecular formula is C30H34FN7O4. The lowest BCUT2D eigenvalue weighted by atomic mass is 9.93. The van der Waals surface area contributed by atoms with E-state index >= 15 is 0 Å². The van der Waals surface area contributed by atoms with Crippen molar-refractivity contribution in [1.29, 1.82) is 5.26 Å². The van der Waals surface area contributed by atoms with Crippen molar-refractivity contribution in [2.45, 2.75) is 57.1 Å². The van der Waals surface area contributed by atoms with Crippen molar-refractivity contribution >= 4 is 23.2 Å². The van der Waals surface area contributed by atoms with E-state index < -0.39 is 29.9 Å². The van der Waals surface area contributed by atoms with Gasteiger partial charge in [-0.2, -0.15) is 10.2 Å². The number of aromatic nitrogens is 3. The molecule has 220 valence electrons. The number of halogens is 1. The number of nitrogens with one attached hydrogen (secondary N) is 1. The summed E-state index contributed by atoms with van der Waals surface area (Å²) in [6.07, 6.45) is -0.418. The van der Waals surface area contributed by atoms with Crippen molar-refractivity contribution in [3.63, 3.8) is 0 Å². The minimum absolute atomic E-state index is 0.181. The Hall–Kier alpha value is -4.34. The van der Waals surface area contributed by atoms with E-state index in [1.165, 1.54) is 18.2 Å². The molecule has 0 spiro atoms. The van der Waals surface area contributed by atoms with Gasteiger partial charge in [0.1, 0.15) is 30.4 Å². The van der Waals surface area contributed by atoms with Crippen LogP contribution in [0.15, 0.2) is 48.8 Å². The van der Waals surface area contributed by atoms with Crippen LogP contribution < -0.4 is 15.0 Å². The first kappa shape index (κ1) is 29.2. The molecule has 11 nitrogen and oxygen atoms in total. The third kappa shape index (κ3) is 6.75. The summed E-state index contributed by atoms with van der Waals surface area (Å²) >= 11 is 0. The number of piperidine rings is 2. The molecule has 0 radical (unpaired) electrons. The number of anilines is 3. The zero-order chi connectivity index (χ0) is 29.9. The maximum absolute atomic E-state index is 14.8. The molecule has 5 rings (SSSR count). The zero-order valence-corrected chi connectivity index (χ0v) is 23.6. The molecule has 12 heteroatoms. The van der Waals surface area contributed by atoms with Crippen LogP contribution in [0.3, 0.4) is 0 Å². The van der Waals surface area contributed by atoms with Crippen LogP contribution >= 0.6 is 0 Å². The number of carbonyl (C=O) groups is 1. The Bertz CT molecular complexity index is 1450. The van der Waals surface area contributed by atoms with E-state index in [-0.39, 0.29) is 30.8 Å². The molecule has 3 aromatic rings. The fourth-order valence-corrected chi connectivity index (χ4v) is 5.13. The quantitative estimate of drug-likeness (QED) is 0.384. The Balaban J connectivity index is 1.24. The van der Waals surface area contributed by atoms with Gasteiger partial charge in [0.05, 0.1) is 17.7 Å². The molecule has 0 saturated carbocycles. The van der Waals surface area contributed by atoms with Crippen molar-refractivity contribution < 1.29 is 24.1 Å². The summed E-state index contributed by atoms with van der Waals surface area (Å²) in [5.41, 5.74) is 2.04. The number of likely N-dealkylation sites (tertiary alicyclic amines) is 1. The minimum Gasteiger partial charge on any atom is -0.486 e. The van der Waals surface area contributed by atoms with Crippen LogP contribution in [0.1, 0.15) is 38.7 Å². The fourth-order valence-electron chi connectivity index (χ4n) is 5.13. The number of benzene rings is 2. The highest BCUT2D eigenvalue weighted by Gasteiger charge is 2.34. The molecule has 2 aliphatic rings. The molecule has 3 atom stereocenters. The third-order valence-electron chi connectivity index (χ3n) is 7.69. The Morgan fingerprint density at radius 3 is 2.60 bits per heavy atom. The van der Waals surface area contributed by atoms with Crippen molar-refractivity contribution in [2.75, 3.05) is 36.4 Å². The summed E-state index contributed by atoms with van der Waals surface area (Å²) in [5.74, 6) is 0.393. The standard InChI is InChI=1S/C30H34FN7O4/c1-19(39)28(40)38-12-9-26(24(31)17-38)42-25-8-3-20(15-21(25)16-32)27-33-18-34-29(36-27)35-22-4-6-23(7-5-22)37-13-10-30(2,41)11-14-37/h3-8,15,18-19,24,26,39,41H,9-14,17H2,1-2H3,(H,33,34,35,36)/t19?,24-,26+/m1/s1. The van der Waals surface area contributed by atoms with Crippen molar-refractivity contribution in [1.82, 2.24) is 19.9 Å². The maximum Gasteiger partial charge on any atom is 0.251 e. The normalized spacial score (nSPS) is 20.9. The minimum atomic E-state index is -1.46. The van der Waals surface area contributed by atoms with Gasteiger partial charge in [0.15, 0.2) is 12.0 Å². The lowest BCUT2D eigenvalue weighted by molar-refractivity contribution is -0.143. The zero-order valence-electron chi connectivity index (χ0n) is 23.6. The SMILES string of the molecule is CC(O)C(=O)N1CC[C@H](Oc2ccc(-c3ncnc(Nc4ccc(N5CCC(C)(O)CC5)cc4)n3)cc2C#N)[C@H](F)C1. The second-order valence-electron chi connectivity index (χ2n) is 11.0. The Kier molecular flexibility index (Phi) is 8.51. The number of nitrogens with zero attached hydrogens (tertiary/aromatic N) is 6. The maximum atomic E-state index is 14.8. The van der Waals surface area contributed by atoms with Crippen LogP contribution in [0.25, 0.3) is 11.4 Å². The van der Waals surface area contributed by atoms with E-state index in [1.807, 2.05) is 31.2 Å². The molecule has 3 heterocycles. The number of aliphatic hydroxyl groups is 2. The summed E-state index contributed by atoms with van der Waals surface area (Å²) < 4.78 is 20.7. The molecule has 3 N–H and O–H groups in total. The number of hydrogen-bond donors (Lipinski definition) is 3. The largest absolute Gasteiger partial charge is 0.486 e. The van der Waals surface area contributed by atoms with Crippen LogP contribution in [-0.4, -0.2) is 86.1 Å². The molecule has 2 saturated heterocycles. The van der Waals surface area contributed by atoms with E-state index in [2.05, 4.69) is 31.2 Å². The number of aliphatic hydroxyl groups excluding tert-OH is 1. The predicted molar refractivity (Wildman–Crippen MR) is 154 cm³/mol. The van der Waals surface area contributed by atoms with Gasteiger partial charge in [0.2, 0.25) is 5.95 Å². The molecule has 1 unspecified atom stereocenters. The predicted octanol–water partition coefficient (Wildman–Crippen LogP) is 3.20. The summed E-state index contributed by atoms with van der Waals surface area (Å²) in [5, 5.41) is 32.6. The topological polar surface area (TPSA) is 148 Å². The first-order valence-corrected chi connectivity index (χ1v) is 14.0. The Morgan fingerprint density at radius 2 is 1.93 bits per heavy atom. The van der Waals surface area contributed by atoms with Crippen LogP contribution in [0.2, 0.25) is 0 Å². The highest BCUT2D eigenvalue weighted by molar-refractivity contribution is 5.80. The number of ether oxygens (including phenoxy) is 1. The van der Waals surface area contributed by atoms with Gasteiger partial charge in [-0.1, -0.05) is 0 Å². The lowest BCUT2D eigenvalue weighted by Crippen LogP contribution is -2.51. The molecule has 2 aliphatic heterocycles. The highest BCUT2D eigenvalue weighted by atomic mass is 19.1. The Morgan fingerprint density at radius 1 is 1.19 bits per heavy atom. The van der Waals surface area contributed by atoms with E-state index in [0.29, 0.717) is 17.3 Å². The average Bonchev–Trinajstić information content (AvgIpc) is 2.98. The molecule has 0 aliphatic carbocycles. The second-order valence-corrected chi connectivity index (χ2v) is 11.0. The van der Waals surface area contributed by atoms with Gasteiger partial charge in [-0.25, -0.2) is 14.4 Å². The van der Waals surface area contributed by atoms with Crippen LogP contribution in [0, 0.1) is 11.3 Å². The smallest absolute Gasteiger partial charge is 0.251 e. The highest BCUT2D eigenvalue weighted by Crippen LogP contribution is 2.30. The summed E-state index contributed by atoms with van der Waals surface area (Å²) in [6.45, 7) is 4.89. The number of alkyl halides is 1. The second kappa shape index (κ2) is 12.3. The van der Waals surface area contributed by atoms with Gasteiger partial charge in [0, 0.05) is 43.0 Å². The first-order chi connectivity index (χ1) is 20.1. The fraction of sp³-hybridized carbons (Fsp3) is 0.433. The van der Waals surface area contributed by atoms with Crippen LogP contribution in [0.4, 0.5) is 21.7 Å². The van der Waals surface area contributed by atoms with E-state index in [9.17, 15) is 24.7 Å². The summed E-state index contributed by atoms with van der Waals surface area (Å²) in [7, 11) is 0. The van der Waals surface area contributed by atoms with E-state index in [0.717, 1.165) is 37.3 Å². The molecule has 42 heavy (non-hydrogen) atoms. The lowest BCUT2D eigenvalue weighted by Gasteiger charge is -2.37. The summed E-state index contributed by atoms with van der Waals surface area (Å²) in [6, 6.07) is 14.9.